The fourth-order valence-corrected chi connectivity index (χ4v) is 1.26. The van der Waals surface area contributed by atoms with Crippen LogP contribution in [-0.2, 0) is 4.79 Å². The minimum atomic E-state index is -0.527. The normalized spacial score (nSPS) is 14.4. The number of aldehydes is 1. The predicted molar refractivity (Wildman–Crippen MR) is 55.0 cm³/mol. The number of rotatable bonds is 7. The van der Waals surface area contributed by atoms with Gasteiger partial charge in [-0.3, -0.25) is 0 Å². The van der Waals surface area contributed by atoms with Crippen molar-refractivity contribution in [1.29, 1.82) is 0 Å². The summed E-state index contributed by atoms with van der Waals surface area (Å²) in [4.78, 5) is 21.1. The zero-order valence-corrected chi connectivity index (χ0v) is 8.80. The van der Waals surface area contributed by atoms with Gasteiger partial charge in [0.05, 0.1) is 5.54 Å². The Morgan fingerprint density at radius 2 is 2.21 bits per heavy atom. The van der Waals surface area contributed by atoms with E-state index in [0.29, 0.717) is 13.0 Å². The summed E-state index contributed by atoms with van der Waals surface area (Å²) < 4.78 is 0. The Kier molecular flexibility index (Phi) is 5.87. The lowest BCUT2D eigenvalue weighted by atomic mass is 9.98. The predicted octanol–water partition coefficient (Wildman–Crippen LogP) is 0.00200. The van der Waals surface area contributed by atoms with Crippen LogP contribution in [0.2, 0.25) is 0 Å². The molecule has 5 heteroatoms. The first-order valence-electron chi connectivity index (χ1n) is 4.78. The second-order valence-electron chi connectivity index (χ2n) is 3.46. The molecule has 0 aliphatic rings. The van der Waals surface area contributed by atoms with Gasteiger partial charge in [-0.05, 0) is 26.3 Å². The summed E-state index contributed by atoms with van der Waals surface area (Å²) in [7, 11) is 0. The first kappa shape index (κ1) is 12.9. The second kappa shape index (κ2) is 6.37. The van der Waals surface area contributed by atoms with E-state index in [0.717, 1.165) is 19.3 Å². The van der Waals surface area contributed by atoms with Gasteiger partial charge in [0, 0.05) is 6.54 Å². The van der Waals surface area contributed by atoms with Gasteiger partial charge in [0.25, 0.3) is 0 Å². The molecule has 0 aromatic heterocycles. The van der Waals surface area contributed by atoms with E-state index in [9.17, 15) is 9.59 Å². The molecule has 0 fully saturated rings. The van der Waals surface area contributed by atoms with Crippen LogP contribution >= 0.6 is 0 Å². The molecule has 0 radical (unpaired) electrons. The second-order valence-corrected chi connectivity index (χ2v) is 3.46. The molecule has 0 aromatic rings. The van der Waals surface area contributed by atoms with Crippen molar-refractivity contribution >= 4 is 12.3 Å². The van der Waals surface area contributed by atoms with E-state index in [1.54, 1.807) is 0 Å². The third-order valence-electron chi connectivity index (χ3n) is 2.01. The zero-order chi connectivity index (χ0) is 11.0. The molecule has 0 saturated heterocycles. The average Bonchev–Trinajstić information content (AvgIpc) is 2.13. The van der Waals surface area contributed by atoms with Gasteiger partial charge in [0.2, 0.25) is 0 Å². The van der Waals surface area contributed by atoms with E-state index in [1.807, 2.05) is 13.8 Å². The number of primary amides is 1. The molecule has 82 valence electrons. The molecule has 0 aliphatic heterocycles. The Balaban J connectivity index is 3.72. The summed E-state index contributed by atoms with van der Waals surface area (Å²) in [6.45, 7) is 5.04. The molecule has 5 nitrogen and oxygen atoms in total. The smallest absolute Gasteiger partial charge is 0.312 e. The van der Waals surface area contributed by atoms with Gasteiger partial charge in [-0.25, -0.2) is 4.79 Å². The highest BCUT2D eigenvalue weighted by atomic mass is 16.2. The van der Waals surface area contributed by atoms with E-state index in [2.05, 4.69) is 10.6 Å². The number of nitrogens with two attached hydrogens (primary N) is 1. The first-order valence-corrected chi connectivity index (χ1v) is 4.78. The van der Waals surface area contributed by atoms with Gasteiger partial charge in [-0.2, -0.15) is 0 Å². The molecule has 0 aromatic carbocycles. The van der Waals surface area contributed by atoms with E-state index < -0.39 is 11.6 Å². The van der Waals surface area contributed by atoms with Crippen molar-refractivity contribution < 1.29 is 9.59 Å². The number of hydrogen-bond donors (Lipinski definition) is 3. The van der Waals surface area contributed by atoms with E-state index in [4.69, 9.17) is 5.73 Å². The highest BCUT2D eigenvalue weighted by Gasteiger charge is 2.20. The van der Waals surface area contributed by atoms with E-state index >= 15 is 0 Å². The maximum atomic E-state index is 10.8. The Hall–Kier alpha value is -1.10. The fraction of sp³-hybridized carbons (Fsp3) is 0.778. The first-order chi connectivity index (χ1) is 6.54. The van der Waals surface area contributed by atoms with Crippen LogP contribution in [-0.4, -0.2) is 30.9 Å². The minimum Gasteiger partial charge on any atom is -0.352 e. The quantitative estimate of drug-likeness (QED) is 0.400. The van der Waals surface area contributed by atoms with Crippen molar-refractivity contribution in [3.05, 3.63) is 0 Å². The number of urea groups is 1. The van der Waals surface area contributed by atoms with E-state index in [1.165, 1.54) is 0 Å². The van der Waals surface area contributed by atoms with Crippen molar-refractivity contribution in [3.8, 4) is 0 Å². The standard InChI is InChI=1S/C9H19N3O2/c1-3-12-9(2,7-13)5-4-6-11-8(10)14/h7,12H,3-6H2,1-2H3,(H3,10,11,14)/t9-/m0/s1. The van der Waals surface area contributed by atoms with E-state index in [-0.39, 0.29) is 0 Å². The lowest BCUT2D eigenvalue weighted by Gasteiger charge is -2.23. The molecule has 0 aliphatic carbocycles. The SMILES string of the molecule is CCN[C@](C)(C=O)CCCNC(N)=O. The monoisotopic (exact) mass is 201 g/mol. The van der Waals surface area contributed by atoms with Gasteiger partial charge >= 0.3 is 6.03 Å². The zero-order valence-electron chi connectivity index (χ0n) is 8.80. The molecule has 1 atom stereocenters. The molecular formula is C9H19N3O2. The van der Waals surface area contributed by atoms with Gasteiger partial charge in [-0.1, -0.05) is 6.92 Å². The van der Waals surface area contributed by atoms with Crippen molar-refractivity contribution in [2.24, 2.45) is 5.73 Å². The molecule has 0 bridgehead atoms. The van der Waals surface area contributed by atoms with Crippen molar-refractivity contribution in [1.82, 2.24) is 10.6 Å². The Morgan fingerprint density at radius 1 is 1.57 bits per heavy atom. The van der Waals surface area contributed by atoms with Crippen LogP contribution in [0.5, 0.6) is 0 Å². The largest absolute Gasteiger partial charge is 0.352 e. The van der Waals surface area contributed by atoms with Gasteiger partial charge < -0.3 is 21.2 Å². The van der Waals surface area contributed by atoms with Gasteiger partial charge in [0.15, 0.2) is 0 Å². The molecular weight excluding hydrogens is 182 g/mol. The van der Waals surface area contributed by atoms with Gasteiger partial charge in [0.1, 0.15) is 6.29 Å². The third-order valence-corrected chi connectivity index (χ3v) is 2.01. The average molecular weight is 201 g/mol. The number of likely N-dealkylation sites (N-methyl/N-ethyl adjacent to an activating group) is 1. The summed E-state index contributed by atoms with van der Waals surface area (Å²) in [6.07, 6.45) is 2.32. The number of hydrogen-bond acceptors (Lipinski definition) is 3. The van der Waals surface area contributed by atoms with Crippen LogP contribution in [0, 0.1) is 0 Å². The number of amides is 2. The fourth-order valence-electron chi connectivity index (χ4n) is 1.26. The van der Waals surface area contributed by atoms with Crippen molar-refractivity contribution in [2.75, 3.05) is 13.1 Å². The molecule has 4 N–H and O–H groups in total. The number of nitrogens with one attached hydrogen (secondary N) is 2. The van der Waals surface area contributed by atoms with Gasteiger partial charge in [-0.15, -0.1) is 0 Å². The third kappa shape index (κ3) is 5.53. The summed E-state index contributed by atoms with van der Waals surface area (Å²) in [6, 6.07) is -0.527. The topological polar surface area (TPSA) is 84.2 Å². The Bertz CT molecular complexity index is 196. The van der Waals surface area contributed by atoms with Crippen molar-refractivity contribution in [2.45, 2.75) is 32.2 Å². The Morgan fingerprint density at radius 3 is 2.64 bits per heavy atom. The molecule has 0 spiro atoms. The highest BCUT2D eigenvalue weighted by molar-refractivity contribution is 5.71. The van der Waals surface area contributed by atoms with Crippen LogP contribution in [0.1, 0.15) is 26.7 Å². The lowest BCUT2D eigenvalue weighted by Crippen LogP contribution is -2.44. The van der Waals surface area contributed by atoms with Crippen LogP contribution in [0.3, 0.4) is 0 Å². The summed E-state index contributed by atoms with van der Waals surface area (Å²) in [5.41, 5.74) is 4.41. The summed E-state index contributed by atoms with van der Waals surface area (Å²) in [5, 5.41) is 5.56. The molecule has 0 unspecified atom stereocenters. The lowest BCUT2D eigenvalue weighted by molar-refractivity contribution is -0.113. The summed E-state index contributed by atoms with van der Waals surface area (Å²) in [5.74, 6) is 0. The van der Waals surface area contributed by atoms with Crippen LogP contribution in [0.25, 0.3) is 0 Å². The minimum absolute atomic E-state index is 0.492. The van der Waals surface area contributed by atoms with Crippen LogP contribution in [0.4, 0.5) is 4.79 Å². The molecule has 14 heavy (non-hydrogen) atoms. The van der Waals surface area contributed by atoms with Crippen LogP contribution < -0.4 is 16.4 Å². The molecule has 0 saturated carbocycles. The molecule has 0 rings (SSSR count). The Labute approximate surface area is 84.4 Å². The van der Waals surface area contributed by atoms with Crippen LogP contribution in [0.15, 0.2) is 0 Å². The molecule has 2 amide bonds. The maximum Gasteiger partial charge on any atom is 0.312 e. The summed E-state index contributed by atoms with van der Waals surface area (Å²) >= 11 is 0. The number of carbonyl (C=O) groups is 2. The maximum absolute atomic E-state index is 10.8. The molecule has 0 heterocycles. The van der Waals surface area contributed by atoms with Crippen molar-refractivity contribution in [3.63, 3.8) is 0 Å². The highest BCUT2D eigenvalue weighted by Crippen LogP contribution is 2.08. The number of carbonyl (C=O) groups excluding carboxylic acids is 2.